The van der Waals surface area contributed by atoms with E-state index in [0.717, 1.165) is 17.9 Å². The maximum atomic E-state index is 5.22. The molecule has 4 nitrogen and oxygen atoms in total. The number of hydrogen-bond donors (Lipinski definition) is 0. The summed E-state index contributed by atoms with van der Waals surface area (Å²) in [4.78, 5) is 8.40. The van der Waals surface area contributed by atoms with Gasteiger partial charge >= 0.3 is 0 Å². The molecule has 0 amide bonds. The first kappa shape index (κ1) is 8.59. The van der Waals surface area contributed by atoms with Gasteiger partial charge in [0, 0.05) is 23.9 Å². The summed E-state index contributed by atoms with van der Waals surface area (Å²) in [5, 5.41) is 3.96. The monoisotopic (exact) mass is 201 g/mol. The summed E-state index contributed by atoms with van der Waals surface area (Å²) in [5.74, 6) is 2.56. The molecule has 15 heavy (non-hydrogen) atoms. The van der Waals surface area contributed by atoms with Crippen LogP contribution >= 0.6 is 0 Å². The van der Waals surface area contributed by atoms with E-state index in [-0.39, 0.29) is 0 Å². The normalized spacial score (nSPS) is 24.1. The lowest BCUT2D eigenvalue weighted by atomic mass is 10.3. The molecule has 3 rings (SSSR count). The first-order chi connectivity index (χ1) is 7.34. The Labute approximate surface area is 87.3 Å². The molecular formula is C11H11N3O. The fraction of sp³-hybridized carbons (Fsp3) is 0.364. The Hall–Kier alpha value is -1.71. The molecule has 4 heteroatoms. The van der Waals surface area contributed by atoms with Gasteiger partial charge in [-0.25, -0.2) is 0 Å². The molecule has 0 spiro atoms. The third kappa shape index (κ3) is 1.52. The van der Waals surface area contributed by atoms with Crippen LogP contribution in [0.3, 0.4) is 0 Å². The third-order valence-corrected chi connectivity index (χ3v) is 2.79. The van der Waals surface area contributed by atoms with Gasteiger partial charge in [-0.15, -0.1) is 0 Å². The number of rotatable bonds is 2. The van der Waals surface area contributed by atoms with E-state index in [9.17, 15) is 0 Å². The number of nitrogens with zero attached hydrogens (tertiary/aromatic N) is 3. The highest BCUT2D eigenvalue weighted by Crippen LogP contribution is 2.46. The number of hydrogen-bond acceptors (Lipinski definition) is 4. The summed E-state index contributed by atoms with van der Waals surface area (Å²) < 4.78 is 5.22. The van der Waals surface area contributed by atoms with Gasteiger partial charge in [0.2, 0.25) is 11.7 Å². The van der Waals surface area contributed by atoms with Crippen molar-refractivity contribution in [2.75, 3.05) is 0 Å². The van der Waals surface area contributed by atoms with Gasteiger partial charge in [-0.1, -0.05) is 12.1 Å². The molecule has 2 heterocycles. The highest BCUT2D eigenvalue weighted by molar-refractivity contribution is 5.52. The van der Waals surface area contributed by atoms with E-state index >= 15 is 0 Å². The summed E-state index contributed by atoms with van der Waals surface area (Å²) >= 11 is 0. The summed E-state index contributed by atoms with van der Waals surface area (Å²) in [5.41, 5.74) is 0.904. The Bertz CT molecular complexity index is 466. The molecular weight excluding hydrogens is 190 g/mol. The van der Waals surface area contributed by atoms with Crippen LogP contribution in [0.2, 0.25) is 0 Å². The predicted octanol–water partition coefficient (Wildman–Crippen LogP) is 2.25. The minimum atomic E-state index is 0.475. The maximum absolute atomic E-state index is 5.22. The minimum Gasteiger partial charge on any atom is -0.339 e. The molecule has 1 saturated carbocycles. The van der Waals surface area contributed by atoms with Gasteiger partial charge in [0.05, 0.1) is 0 Å². The Morgan fingerprint density at radius 1 is 1.47 bits per heavy atom. The Morgan fingerprint density at radius 3 is 3.00 bits per heavy atom. The van der Waals surface area contributed by atoms with Crippen molar-refractivity contribution >= 4 is 0 Å². The van der Waals surface area contributed by atoms with Crippen molar-refractivity contribution in [3.8, 4) is 11.4 Å². The zero-order chi connectivity index (χ0) is 10.3. The molecule has 2 atom stereocenters. The van der Waals surface area contributed by atoms with Crippen LogP contribution in [0.1, 0.15) is 25.2 Å². The standard InChI is InChI=1S/C11H11N3O/c1-7-5-9(7)11-13-10(14-15-11)8-3-2-4-12-6-8/h2-4,6-7,9H,5H2,1H3/t7-,9-/m0/s1. The Morgan fingerprint density at radius 2 is 2.33 bits per heavy atom. The molecule has 0 aromatic carbocycles. The van der Waals surface area contributed by atoms with Gasteiger partial charge in [0.25, 0.3) is 0 Å². The van der Waals surface area contributed by atoms with Gasteiger partial charge < -0.3 is 4.52 Å². The van der Waals surface area contributed by atoms with Crippen LogP contribution in [-0.2, 0) is 0 Å². The van der Waals surface area contributed by atoms with Gasteiger partial charge in [-0.2, -0.15) is 4.98 Å². The maximum Gasteiger partial charge on any atom is 0.230 e. The van der Waals surface area contributed by atoms with Crippen LogP contribution in [0.5, 0.6) is 0 Å². The van der Waals surface area contributed by atoms with E-state index in [1.807, 2.05) is 12.1 Å². The first-order valence-corrected chi connectivity index (χ1v) is 5.08. The molecule has 76 valence electrons. The summed E-state index contributed by atoms with van der Waals surface area (Å²) in [6.45, 7) is 2.19. The second-order valence-electron chi connectivity index (χ2n) is 4.02. The van der Waals surface area contributed by atoms with Gasteiger partial charge in [-0.05, 0) is 24.5 Å². The van der Waals surface area contributed by atoms with E-state index in [1.165, 1.54) is 0 Å². The van der Waals surface area contributed by atoms with Crippen LogP contribution in [0.4, 0.5) is 0 Å². The average molecular weight is 201 g/mol. The van der Waals surface area contributed by atoms with Crippen LogP contribution in [0.15, 0.2) is 29.0 Å². The molecule has 0 unspecified atom stereocenters. The zero-order valence-electron chi connectivity index (χ0n) is 8.42. The molecule has 0 aliphatic heterocycles. The van der Waals surface area contributed by atoms with Crippen molar-refractivity contribution in [1.29, 1.82) is 0 Å². The largest absolute Gasteiger partial charge is 0.339 e. The van der Waals surface area contributed by atoms with Crippen molar-refractivity contribution in [1.82, 2.24) is 15.1 Å². The van der Waals surface area contributed by atoms with E-state index in [2.05, 4.69) is 22.0 Å². The predicted molar refractivity (Wildman–Crippen MR) is 54.1 cm³/mol. The van der Waals surface area contributed by atoms with Crippen molar-refractivity contribution in [2.24, 2.45) is 5.92 Å². The lowest BCUT2D eigenvalue weighted by molar-refractivity contribution is 0.377. The lowest BCUT2D eigenvalue weighted by Crippen LogP contribution is -1.83. The van der Waals surface area contributed by atoms with Crippen molar-refractivity contribution < 1.29 is 4.52 Å². The van der Waals surface area contributed by atoms with Crippen molar-refractivity contribution in [3.05, 3.63) is 30.4 Å². The quantitative estimate of drug-likeness (QED) is 0.747. The van der Waals surface area contributed by atoms with Crippen molar-refractivity contribution in [2.45, 2.75) is 19.3 Å². The second-order valence-corrected chi connectivity index (χ2v) is 4.02. The van der Waals surface area contributed by atoms with E-state index in [1.54, 1.807) is 12.4 Å². The first-order valence-electron chi connectivity index (χ1n) is 5.08. The van der Waals surface area contributed by atoms with Crippen LogP contribution in [-0.4, -0.2) is 15.1 Å². The lowest BCUT2D eigenvalue weighted by Gasteiger charge is -1.89. The van der Waals surface area contributed by atoms with Crippen molar-refractivity contribution in [3.63, 3.8) is 0 Å². The molecule has 0 saturated heterocycles. The molecule has 0 bridgehead atoms. The highest BCUT2D eigenvalue weighted by Gasteiger charge is 2.38. The molecule has 2 aromatic heterocycles. The molecule has 0 radical (unpaired) electrons. The van der Waals surface area contributed by atoms with E-state index < -0.39 is 0 Å². The fourth-order valence-corrected chi connectivity index (χ4v) is 1.66. The summed E-state index contributed by atoms with van der Waals surface area (Å²) in [6.07, 6.45) is 4.63. The van der Waals surface area contributed by atoms with Crippen LogP contribution in [0.25, 0.3) is 11.4 Å². The molecule has 1 fully saturated rings. The topological polar surface area (TPSA) is 51.8 Å². The van der Waals surface area contributed by atoms with Gasteiger partial charge in [0.1, 0.15) is 0 Å². The highest BCUT2D eigenvalue weighted by atomic mass is 16.5. The molecule has 0 N–H and O–H groups in total. The average Bonchev–Trinajstić information content (AvgIpc) is 2.83. The SMILES string of the molecule is C[C@H]1C[C@@H]1c1nc(-c2cccnc2)no1. The molecule has 1 aliphatic carbocycles. The fourth-order valence-electron chi connectivity index (χ4n) is 1.66. The number of pyridine rings is 1. The van der Waals surface area contributed by atoms with Crippen LogP contribution in [0, 0.1) is 5.92 Å². The smallest absolute Gasteiger partial charge is 0.230 e. The Kier molecular flexibility index (Phi) is 1.80. The third-order valence-electron chi connectivity index (χ3n) is 2.79. The molecule has 2 aromatic rings. The van der Waals surface area contributed by atoms with Gasteiger partial charge in [-0.3, -0.25) is 4.98 Å². The summed E-state index contributed by atoms with van der Waals surface area (Å²) in [6, 6.07) is 3.79. The number of aromatic nitrogens is 3. The van der Waals surface area contributed by atoms with Crippen LogP contribution < -0.4 is 0 Å². The zero-order valence-corrected chi connectivity index (χ0v) is 8.42. The van der Waals surface area contributed by atoms with E-state index in [4.69, 9.17) is 4.52 Å². The minimum absolute atomic E-state index is 0.475. The van der Waals surface area contributed by atoms with E-state index in [0.29, 0.717) is 17.7 Å². The Balaban J connectivity index is 1.91. The molecule has 1 aliphatic rings. The summed E-state index contributed by atoms with van der Waals surface area (Å²) in [7, 11) is 0. The second kappa shape index (κ2) is 3.15. The van der Waals surface area contributed by atoms with Gasteiger partial charge in [0.15, 0.2) is 0 Å².